The fourth-order valence-electron chi connectivity index (χ4n) is 6.30. The van der Waals surface area contributed by atoms with Crippen LogP contribution in [0, 0.1) is 5.92 Å². The summed E-state index contributed by atoms with van der Waals surface area (Å²) in [5.41, 5.74) is 3.23. The van der Waals surface area contributed by atoms with Gasteiger partial charge in [0.1, 0.15) is 5.75 Å². The molecule has 0 bridgehead atoms. The summed E-state index contributed by atoms with van der Waals surface area (Å²) in [4.78, 5) is 29.2. The zero-order chi connectivity index (χ0) is 34.4. The third-order valence-corrected chi connectivity index (χ3v) is 9.08. The number of carbonyl (C=O) groups is 2. The first-order chi connectivity index (χ1) is 23.9. The van der Waals surface area contributed by atoms with Crippen LogP contribution in [-0.4, -0.2) is 51.2 Å². The van der Waals surface area contributed by atoms with Crippen molar-refractivity contribution >= 4 is 29.4 Å². The number of anilines is 3. The number of aryl methyl sites for hydroxylation is 1. The number of hydrogen-bond acceptors (Lipinski definition) is 7. The molecule has 2 amide bonds. The molecule has 1 unspecified atom stereocenters. The van der Waals surface area contributed by atoms with Crippen LogP contribution in [0.25, 0.3) is 0 Å². The zero-order valence-corrected chi connectivity index (χ0v) is 27.5. The molecule has 10 nitrogen and oxygen atoms in total. The molecule has 49 heavy (non-hydrogen) atoms. The Morgan fingerprint density at radius 2 is 1.65 bits per heavy atom. The summed E-state index contributed by atoms with van der Waals surface area (Å²) in [6, 6.07) is 31.8. The van der Waals surface area contributed by atoms with Gasteiger partial charge in [-0.1, -0.05) is 85.0 Å². The number of carbonyl (C=O) groups excluding carboxylic acids is 2. The maximum atomic E-state index is 14.1. The first-order valence-electron chi connectivity index (χ1n) is 16.2. The minimum Gasteiger partial charge on any atom is -0.497 e. The Morgan fingerprint density at radius 1 is 0.959 bits per heavy atom. The van der Waals surface area contributed by atoms with E-state index < -0.39 is 17.4 Å². The van der Waals surface area contributed by atoms with E-state index in [-0.39, 0.29) is 19.1 Å². The van der Waals surface area contributed by atoms with Crippen molar-refractivity contribution in [2.75, 3.05) is 23.5 Å². The molecule has 2 heterocycles. The van der Waals surface area contributed by atoms with E-state index in [0.29, 0.717) is 41.3 Å². The Labute approximate surface area is 285 Å². The van der Waals surface area contributed by atoms with E-state index in [4.69, 9.17) is 4.74 Å². The van der Waals surface area contributed by atoms with E-state index in [1.165, 1.54) is 0 Å². The normalized spacial score (nSPS) is 16.8. The highest BCUT2D eigenvalue weighted by Crippen LogP contribution is 2.47. The highest BCUT2D eigenvalue weighted by Gasteiger charge is 2.52. The van der Waals surface area contributed by atoms with E-state index >= 15 is 0 Å². The molecule has 250 valence electrons. The number of nitrogens with zero attached hydrogens (tertiary/aromatic N) is 5. The third kappa shape index (κ3) is 6.74. The SMILES string of the molecule is COc1ccc2c(c1)[C@@](O)([C@H](C)/C=C/CCn1cc(C(CO)c3ccccc3)nn1)C(=O)N2Cc1ccc(N(C=O)c2ccccc2)cc1. The van der Waals surface area contributed by atoms with Crippen LogP contribution in [-0.2, 0) is 28.3 Å². The van der Waals surface area contributed by atoms with Gasteiger partial charge in [-0.2, -0.15) is 0 Å². The molecule has 0 saturated heterocycles. The van der Waals surface area contributed by atoms with Gasteiger partial charge in [0, 0.05) is 35.6 Å². The zero-order valence-electron chi connectivity index (χ0n) is 27.5. The number of allylic oxidation sites excluding steroid dienone is 1. The molecule has 10 heteroatoms. The quantitative estimate of drug-likeness (QED) is 0.116. The van der Waals surface area contributed by atoms with Gasteiger partial charge in [-0.3, -0.25) is 19.2 Å². The molecule has 1 aromatic heterocycles. The highest BCUT2D eigenvalue weighted by atomic mass is 16.5. The Balaban J connectivity index is 1.16. The lowest BCUT2D eigenvalue weighted by molar-refractivity contribution is -0.139. The van der Waals surface area contributed by atoms with E-state index in [1.54, 1.807) is 39.8 Å². The average molecular weight is 658 g/mol. The molecule has 1 aliphatic rings. The first-order valence-corrected chi connectivity index (χ1v) is 16.2. The standard InChI is InChI=1S/C39H39N5O5/c1-28(11-9-10-22-42-25-36(40-41-42)34(26-45)30-12-5-3-6-13-30)39(48)35-23-33(49-2)20-21-37(35)43(38(39)47)24-29-16-18-32(19-17-29)44(27-46)31-14-7-4-8-15-31/h3-9,11-21,23,25,27-28,34,45,48H,10,22,24,26H2,1-2H3/b11-9+/t28-,34?,39+/m1/s1. The number of aromatic nitrogens is 3. The maximum Gasteiger partial charge on any atom is 0.264 e. The first kappa shape index (κ1) is 33.3. The molecule has 0 fully saturated rings. The van der Waals surface area contributed by atoms with Crippen molar-refractivity contribution in [3.05, 3.63) is 144 Å². The van der Waals surface area contributed by atoms with Crippen LogP contribution in [0.2, 0.25) is 0 Å². The van der Waals surface area contributed by atoms with Crippen molar-refractivity contribution < 1.29 is 24.5 Å². The number of rotatable bonds is 14. The van der Waals surface area contributed by atoms with Crippen molar-refractivity contribution in [1.29, 1.82) is 0 Å². The summed E-state index contributed by atoms with van der Waals surface area (Å²) < 4.78 is 7.19. The maximum absolute atomic E-state index is 14.1. The lowest BCUT2D eigenvalue weighted by atomic mass is 9.83. The van der Waals surface area contributed by atoms with Crippen LogP contribution in [0.5, 0.6) is 5.75 Å². The molecule has 0 radical (unpaired) electrons. The Hall–Kier alpha value is -5.58. The summed E-state index contributed by atoms with van der Waals surface area (Å²) in [6.45, 7) is 2.52. The molecule has 0 aliphatic carbocycles. The van der Waals surface area contributed by atoms with E-state index in [2.05, 4.69) is 10.3 Å². The van der Waals surface area contributed by atoms with Gasteiger partial charge in [0.05, 0.1) is 37.6 Å². The van der Waals surface area contributed by atoms with Crippen molar-refractivity contribution in [1.82, 2.24) is 15.0 Å². The smallest absolute Gasteiger partial charge is 0.264 e. The monoisotopic (exact) mass is 657 g/mol. The molecule has 0 saturated carbocycles. The molecular formula is C39H39N5O5. The molecule has 1 aliphatic heterocycles. The Morgan fingerprint density at radius 3 is 2.33 bits per heavy atom. The van der Waals surface area contributed by atoms with Gasteiger partial charge in [-0.05, 0) is 60.0 Å². The number of ether oxygens (including phenoxy) is 1. The van der Waals surface area contributed by atoms with Gasteiger partial charge in [-0.25, -0.2) is 0 Å². The number of aliphatic hydroxyl groups is 2. The second-order valence-electron chi connectivity index (χ2n) is 12.1. The topological polar surface area (TPSA) is 121 Å². The average Bonchev–Trinajstić information content (AvgIpc) is 3.69. The molecule has 6 rings (SSSR count). The van der Waals surface area contributed by atoms with Gasteiger partial charge in [0.15, 0.2) is 5.60 Å². The number of hydrogen-bond donors (Lipinski definition) is 2. The molecule has 2 N–H and O–H groups in total. The lowest BCUT2D eigenvalue weighted by Crippen LogP contribution is -2.44. The Bertz CT molecular complexity index is 1910. The third-order valence-electron chi connectivity index (χ3n) is 9.08. The number of methoxy groups -OCH3 is 1. The predicted octanol–water partition coefficient (Wildman–Crippen LogP) is 5.72. The van der Waals surface area contributed by atoms with Crippen molar-refractivity contribution in [2.45, 2.75) is 38.0 Å². The summed E-state index contributed by atoms with van der Waals surface area (Å²) in [6.07, 6.45) is 6.99. The number of aliphatic hydroxyl groups excluding tert-OH is 1. The summed E-state index contributed by atoms with van der Waals surface area (Å²) in [5.74, 6) is -0.701. The van der Waals surface area contributed by atoms with Crippen LogP contribution >= 0.6 is 0 Å². The van der Waals surface area contributed by atoms with Gasteiger partial charge in [0.2, 0.25) is 6.41 Å². The predicted molar refractivity (Wildman–Crippen MR) is 187 cm³/mol. The minimum absolute atomic E-state index is 0.0750. The summed E-state index contributed by atoms with van der Waals surface area (Å²) >= 11 is 0. The lowest BCUT2D eigenvalue weighted by Gasteiger charge is -2.28. The minimum atomic E-state index is -1.81. The Kier molecular flexibility index (Phi) is 9.98. The molecular weight excluding hydrogens is 618 g/mol. The number of benzene rings is 4. The number of amides is 2. The van der Waals surface area contributed by atoms with E-state index in [1.807, 2.05) is 110 Å². The van der Waals surface area contributed by atoms with Crippen molar-refractivity contribution in [3.63, 3.8) is 0 Å². The van der Waals surface area contributed by atoms with Crippen molar-refractivity contribution in [2.24, 2.45) is 5.92 Å². The van der Waals surface area contributed by atoms with Crippen LogP contribution in [0.3, 0.4) is 0 Å². The summed E-state index contributed by atoms with van der Waals surface area (Å²) in [5, 5.41) is 30.7. The largest absolute Gasteiger partial charge is 0.497 e. The highest BCUT2D eigenvalue weighted by molar-refractivity contribution is 6.07. The van der Waals surface area contributed by atoms with Gasteiger partial charge < -0.3 is 19.8 Å². The van der Waals surface area contributed by atoms with Gasteiger partial charge in [-0.15, -0.1) is 5.10 Å². The second-order valence-corrected chi connectivity index (χ2v) is 12.1. The van der Waals surface area contributed by atoms with Crippen LogP contribution < -0.4 is 14.5 Å². The van der Waals surface area contributed by atoms with Crippen LogP contribution in [0.1, 0.15) is 41.6 Å². The number of fused-ring (bicyclic) bond motifs is 1. The van der Waals surface area contributed by atoms with E-state index in [9.17, 15) is 19.8 Å². The molecule has 0 spiro atoms. The fraction of sp³-hybridized carbons (Fsp3) is 0.231. The second kappa shape index (κ2) is 14.7. The number of para-hydroxylation sites is 1. The summed E-state index contributed by atoms with van der Waals surface area (Å²) in [7, 11) is 1.55. The van der Waals surface area contributed by atoms with Crippen molar-refractivity contribution in [3.8, 4) is 5.75 Å². The fourth-order valence-corrected chi connectivity index (χ4v) is 6.30. The van der Waals surface area contributed by atoms with Gasteiger partial charge >= 0.3 is 0 Å². The van der Waals surface area contributed by atoms with Crippen LogP contribution in [0.4, 0.5) is 17.1 Å². The molecule has 4 aromatic carbocycles. The molecule has 3 atom stereocenters. The van der Waals surface area contributed by atoms with E-state index in [0.717, 1.165) is 23.2 Å². The van der Waals surface area contributed by atoms with Gasteiger partial charge in [0.25, 0.3) is 5.91 Å². The van der Waals surface area contributed by atoms with Crippen LogP contribution in [0.15, 0.2) is 121 Å². The molecule has 5 aromatic rings.